The highest BCUT2D eigenvalue weighted by Crippen LogP contribution is 2.24. The molecule has 106 valence electrons. The fourth-order valence-corrected chi connectivity index (χ4v) is 1.66. The Kier molecular flexibility index (Phi) is 5.54. The second-order valence-corrected chi connectivity index (χ2v) is 4.04. The Hall–Kier alpha value is -2.05. The van der Waals surface area contributed by atoms with Crippen LogP contribution in [-0.4, -0.2) is 41.0 Å². The third-order valence-corrected chi connectivity index (χ3v) is 2.37. The van der Waals surface area contributed by atoms with Crippen LogP contribution in [0.4, 0.5) is 0 Å². The Morgan fingerprint density at radius 3 is 1.42 bits per heavy atom. The highest BCUT2D eigenvalue weighted by atomic mass is 16.6. The molecule has 0 N–H and O–H groups in total. The van der Waals surface area contributed by atoms with Crippen LogP contribution in [0.15, 0.2) is 0 Å². The predicted octanol–water partition coefficient (Wildman–Crippen LogP) is -0.0130. The quantitative estimate of drug-likeness (QED) is 0.494. The van der Waals surface area contributed by atoms with Gasteiger partial charge in [0.25, 0.3) is 5.60 Å². The molecule has 7 nitrogen and oxygen atoms in total. The van der Waals surface area contributed by atoms with Gasteiger partial charge in [0.2, 0.25) is 6.10 Å². The number of carbonyl (C=O) groups is 5. The maximum Gasteiger partial charge on any atom is 0.304 e. The number of rotatable bonds is 6. The molecule has 0 saturated heterocycles. The van der Waals surface area contributed by atoms with Crippen molar-refractivity contribution in [3.05, 3.63) is 0 Å². The fourth-order valence-electron chi connectivity index (χ4n) is 1.66. The summed E-state index contributed by atoms with van der Waals surface area (Å²) in [5.74, 6) is -4.38. The number of hydrogen-bond acceptors (Lipinski definition) is 7. The lowest BCUT2D eigenvalue weighted by Crippen LogP contribution is -2.60. The summed E-state index contributed by atoms with van der Waals surface area (Å²) in [5, 5.41) is 0. The minimum absolute atomic E-state index is 0.776. The molecule has 0 aliphatic rings. The Morgan fingerprint density at radius 2 is 1.21 bits per heavy atom. The molecule has 19 heavy (non-hydrogen) atoms. The SMILES string of the molecule is CC(=O)OC(C(C)=O)C(OC(C)=O)(C(C)=O)C(C)=O. The van der Waals surface area contributed by atoms with Gasteiger partial charge in [-0.3, -0.25) is 24.0 Å². The molecule has 0 bridgehead atoms. The second kappa shape index (κ2) is 6.21. The van der Waals surface area contributed by atoms with E-state index in [-0.39, 0.29) is 0 Å². The largest absolute Gasteiger partial charge is 0.449 e. The minimum Gasteiger partial charge on any atom is -0.449 e. The summed E-state index contributed by atoms with van der Waals surface area (Å²) in [4.78, 5) is 57.1. The summed E-state index contributed by atoms with van der Waals surface area (Å²) in [6.07, 6.45) is -1.79. The van der Waals surface area contributed by atoms with Crippen molar-refractivity contribution in [2.45, 2.75) is 46.3 Å². The zero-order chi connectivity index (χ0) is 15.4. The van der Waals surface area contributed by atoms with Gasteiger partial charge in [0.15, 0.2) is 17.3 Å². The fraction of sp³-hybridized carbons (Fsp3) is 0.583. The van der Waals surface area contributed by atoms with Gasteiger partial charge < -0.3 is 9.47 Å². The van der Waals surface area contributed by atoms with Gasteiger partial charge in [-0.15, -0.1) is 0 Å². The lowest BCUT2D eigenvalue weighted by molar-refractivity contribution is -0.191. The predicted molar refractivity (Wildman–Crippen MR) is 62.1 cm³/mol. The molecular weight excluding hydrogens is 256 g/mol. The van der Waals surface area contributed by atoms with Gasteiger partial charge in [0.05, 0.1) is 0 Å². The first-order valence-electron chi connectivity index (χ1n) is 5.45. The van der Waals surface area contributed by atoms with Crippen LogP contribution < -0.4 is 0 Å². The van der Waals surface area contributed by atoms with Gasteiger partial charge in [0, 0.05) is 13.8 Å². The number of hydrogen-bond donors (Lipinski definition) is 0. The van der Waals surface area contributed by atoms with Crippen LogP contribution in [0.1, 0.15) is 34.6 Å². The molecule has 0 fully saturated rings. The summed E-state index contributed by atoms with van der Waals surface area (Å²) in [7, 11) is 0. The number of Topliss-reactive ketones (excluding diaryl/α,β-unsaturated/α-hetero) is 3. The van der Waals surface area contributed by atoms with E-state index in [1.165, 1.54) is 0 Å². The molecule has 0 saturated carbocycles. The lowest BCUT2D eigenvalue weighted by atomic mass is 9.85. The van der Waals surface area contributed by atoms with Crippen LogP contribution in [0, 0.1) is 0 Å². The van der Waals surface area contributed by atoms with E-state index in [0.717, 1.165) is 34.6 Å². The van der Waals surface area contributed by atoms with E-state index in [9.17, 15) is 24.0 Å². The van der Waals surface area contributed by atoms with Crippen LogP contribution in [0.2, 0.25) is 0 Å². The third-order valence-electron chi connectivity index (χ3n) is 2.37. The van der Waals surface area contributed by atoms with E-state index in [1.807, 2.05) is 0 Å². The van der Waals surface area contributed by atoms with Crippen molar-refractivity contribution in [1.29, 1.82) is 0 Å². The van der Waals surface area contributed by atoms with E-state index in [1.54, 1.807) is 0 Å². The van der Waals surface area contributed by atoms with E-state index in [0.29, 0.717) is 0 Å². The Labute approximate surface area is 110 Å². The summed E-state index contributed by atoms with van der Waals surface area (Å²) in [6.45, 7) is 4.96. The van der Waals surface area contributed by atoms with Gasteiger partial charge in [-0.1, -0.05) is 0 Å². The third kappa shape index (κ3) is 3.70. The van der Waals surface area contributed by atoms with Crippen LogP contribution >= 0.6 is 0 Å². The first-order valence-corrected chi connectivity index (χ1v) is 5.45. The molecule has 0 amide bonds. The van der Waals surface area contributed by atoms with Crippen molar-refractivity contribution in [3.8, 4) is 0 Å². The van der Waals surface area contributed by atoms with Crippen molar-refractivity contribution in [3.63, 3.8) is 0 Å². The first-order chi connectivity index (χ1) is 8.55. The molecule has 0 aromatic carbocycles. The van der Waals surface area contributed by atoms with Crippen molar-refractivity contribution < 1.29 is 33.4 Å². The van der Waals surface area contributed by atoms with Crippen molar-refractivity contribution >= 4 is 29.3 Å². The lowest BCUT2D eigenvalue weighted by Gasteiger charge is -2.33. The molecule has 0 heterocycles. The zero-order valence-corrected chi connectivity index (χ0v) is 11.4. The molecule has 0 spiro atoms. The second-order valence-electron chi connectivity index (χ2n) is 4.04. The standard InChI is InChI=1S/C12H16O7/c1-6(13)11(18-9(4)16)12(7(2)14,8(3)15)19-10(5)17/h11H,1-5H3. The summed E-state index contributed by atoms with van der Waals surface area (Å²) >= 11 is 0. The van der Waals surface area contributed by atoms with Gasteiger partial charge in [-0.2, -0.15) is 0 Å². The Balaban J connectivity index is 5.94. The molecule has 0 aliphatic carbocycles. The topological polar surface area (TPSA) is 104 Å². The van der Waals surface area contributed by atoms with E-state index in [2.05, 4.69) is 0 Å². The first kappa shape index (κ1) is 16.9. The van der Waals surface area contributed by atoms with Gasteiger partial charge in [0.1, 0.15) is 0 Å². The van der Waals surface area contributed by atoms with Crippen molar-refractivity contribution in [2.24, 2.45) is 0 Å². The zero-order valence-electron chi connectivity index (χ0n) is 11.4. The molecule has 7 heteroatoms. The van der Waals surface area contributed by atoms with E-state index < -0.39 is 41.0 Å². The van der Waals surface area contributed by atoms with Crippen LogP contribution in [0.25, 0.3) is 0 Å². The van der Waals surface area contributed by atoms with Crippen LogP contribution in [0.3, 0.4) is 0 Å². The molecule has 0 aromatic heterocycles. The maximum atomic E-state index is 11.7. The number of esters is 2. The van der Waals surface area contributed by atoms with Crippen molar-refractivity contribution in [2.75, 3.05) is 0 Å². The van der Waals surface area contributed by atoms with E-state index >= 15 is 0 Å². The highest BCUT2D eigenvalue weighted by molar-refractivity contribution is 6.14. The van der Waals surface area contributed by atoms with Gasteiger partial charge in [-0.25, -0.2) is 0 Å². The highest BCUT2D eigenvalue weighted by Gasteiger charge is 2.55. The smallest absolute Gasteiger partial charge is 0.304 e. The van der Waals surface area contributed by atoms with Gasteiger partial charge in [-0.05, 0) is 20.8 Å². The average Bonchev–Trinajstić information content (AvgIpc) is 2.20. The molecular formula is C12H16O7. The molecule has 0 aromatic rings. The number of ketones is 3. The average molecular weight is 272 g/mol. The molecule has 0 radical (unpaired) electrons. The molecule has 0 rings (SSSR count). The monoisotopic (exact) mass is 272 g/mol. The van der Waals surface area contributed by atoms with Crippen LogP contribution in [0.5, 0.6) is 0 Å². The minimum atomic E-state index is -2.43. The Bertz CT molecular complexity index is 421. The van der Waals surface area contributed by atoms with Gasteiger partial charge >= 0.3 is 11.9 Å². The van der Waals surface area contributed by atoms with Crippen LogP contribution in [-0.2, 0) is 33.4 Å². The number of ether oxygens (including phenoxy) is 2. The molecule has 1 unspecified atom stereocenters. The molecule has 1 atom stereocenters. The summed E-state index contributed by atoms with van der Waals surface area (Å²) in [5.41, 5.74) is -2.43. The molecule has 0 aliphatic heterocycles. The summed E-state index contributed by atoms with van der Waals surface area (Å²) in [6, 6.07) is 0. The number of carbonyl (C=O) groups excluding carboxylic acids is 5. The van der Waals surface area contributed by atoms with E-state index in [4.69, 9.17) is 9.47 Å². The summed E-state index contributed by atoms with van der Waals surface area (Å²) < 4.78 is 9.44. The Morgan fingerprint density at radius 1 is 0.789 bits per heavy atom. The maximum absolute atomic E-state index is 11.7. The van der Waals surface area contributed by atoms with Crippen molar-refractivity contribution in [1.82, 2.24) is 0 Å². The normalized spacial score (nSPS) is 12.3.